The Morgan fingerprint density at radius 1 is 1.03 bits per heavy atom. The van der Waals surface area contributed by atoms with E-state index in [0.29, 0.717) is 4.60 Å². The maximum Gasteiger partial charge on any atom is 0.407 e. The first-order chi connectivity index (χ1) is 15.5. The van der Waals surface area contributed by atoms with Gasteiger partial charge in [0.2, 0.25) is 0 Å². The second-order valence-electron chi connectivity index (χ2n) is 7.59. The number of aromatic nitrogens is 1. The summed E-state index contributed by atoms with van der Waals surface area (Å²) in [5.41, 5.74) is 4.52. The molecule has 0 saturated heterocycles. The van der Waals surface area contributed by atoms with Crippen molar-refractivity contribution in [3.8, 4) is 16.9 Å². The van der Waals surface area contributed by atoms with Gasteiger partial charge in [-0.2, -0.15) is 0 Å². The lowest BCUT2D eigenvalue weighted by molar-refractivity contribution is 0.00968. The number of nitrogens with zero attached hydrogens (tertiary/aromatic N) is 1. The number of hydrogen-bond donors (Lipinski definition) is 4. The molecule has 4 N–H and O–H groups in total. The molecule has 0 bridgehead atoms. The third kappa shape index (κ3) is 4.62. The first-order valence-electron chi connectivity index (χ1n) is 10.3. The van der Waals surface area contributed by atoms with Gasteiger partial charge in [-0.1, -0.05) is 48.5 Å². The Balaban J connectivity index is 1.29. The molecule has 0 aliphatic heterocycles. The molecule has 2 aromatic carbocycles. The average Bonchev–Trinajstić information content (AvgIpc) is 3.12. The number of aromatic hydroxyl groups is 1. The van der Waals surface area contributed by atoms with Gasteiger partial charge in [0.15, 0.2) is 0 Å². The van der Waals surface area contributed by atoms with Crippen LogP contribution in [0, 0.1) is 0 Å². The van der Waals surface area contributed by atoms with Gasteiger partial charge in [-0.3, -0.25) is 0 Å². The van der Waals surface area contributed by atoms with Crippen LogP contribution in [0.25, 0.3) is 11.1 Å². The monoisotopic (exact) mass is 498 g/mol. The van der Waals surface area contributed by atoms with Crippen molar-refractivity contribution in [3.05, 3.63) is 82.1 Å². The van der Waals surface area contributed by atoms with Crippen LogP contribution in [0.2, 0.25) is 0 Å². The number of carbonyl (C=O) groups excluding carboxylic acids is 1. The molecule has 2 unspecified atom stereocenters. The number of fused-ring (bicyclic) bond motifs is 3. The van der Waals surface area contributed by atoms with Gasteiger partial charge in [-0.05, 0) is 56.7 Å². The van der Waals surface area contributed by atoms with Crippen molar-refractivity contribution in [1.29, 1.82) is 0 Å². The predicted molar refractivity (Wildman–Crippen MR) is 122 cm³/mol. The zero-order valence-corrected chi connectivity index (χ0v) is 18.7. The highest BCUT2D eigenvalue weighted by molar-refractivity contribution is 9.10. The molecule has 1 aromatic heterocycles. The highest BCUT2D eigenvalue weighted by Crippen LogP contribution is 2.44. The Hall–Kier alpha value is -2.94. The largest absolute Gasteiger partial charge is 0.506 e. The highest BCUT2D eigenvalue weighted by Gasteiger charge is 2.29. The standard InChI is InChI=1S/C24H23BrN2O5/c25-21-10-9-19(28)22(27-21)23(30)20(29)11-12-26-24(31)32-13-18-16-7-3-1-5-14(16)15-6-2-4-8-17(15)18/h1-10,18,20,23,28-30H,11-13H2,(H,26,31). The predicted octanol–water partition coefficient (Wildman–Crippen LogP) is 3.87. The lowest BCUT2D eigenvalue weighted by Gasteiger charge is -2.19. The summed E-state index contributed by atoms with van der Waals surface area (Å²) in [5, 5.41) is 32.9. The van der Waals surface area contributed by atoms with Crippen LogP contribution in [0.1, 0.15) is 35.3 Å². The van der Waals surface area contributed by atoms with Gasteiger partial charge in [-0.25, -0.2) is 9.78 Å². The van der Waals surface area contributed by atoms with E-state index in [9.17, 15) is 20.1 Å². The Morgan fingerprint density at radius 2 is 1.66 bits per heavy atom. The van der Waals surface area contributed by atoms with Crippen LogP contribution in [-0.4, -0.2) is 45.7 Å². The van der Waals surface area contributed by atoms with E-state index < -0.39 is 18.3 Å². The first-order valence-corrected chi connectivity index (χ1v) is 11.1. The van der Waals surface area contributed by atoms with Crippen molar-refractivity contribution in [2.24, 2.45) is 0 Å². The summed E-state index contributed by atoms with van der Waals surface area (Å²) in [7, 11) is 0. The second kappa shape index (κ2) is 9.68. The highest BCUT2D eigenvalue weighted by atomic mass is 79.9. The molecule has 0 fully saturated rings. The summed E-state index contributed by atoms with van der Waals surface area (Å²) in [5.74, 6) is -0.254. The van der Waals surface area contributed by atoms with Gasteiger partial charge in [0.1, 0.15) is 28.8 Å². The second-order valence-corrected chi connectivity index (χ2v) is 8.40. The fourth-order valence-electron chi connectivity index (χ4n) is 3.97. The lowest BCUT2D eigenvalue weighted by Crippen LogP contribution is -2.31. The molecule has 1 heterocycles. The molecule has 2 atom stereocenters. The quantitative estimate of drug-likeness (QED) is 0.368. The molecule has 8 heteroatoms. The van der Waals surface area contributed by atoms with Crippen LogP contribution in [0.5, 0.6) is 5.75 Å². The number of hydrogen-bond acceptors (Lipinski definition) is 6. The van der Waals surface area contributed by atoms with Crippen molar-refractivity contribution in [2.75, 3.05) is 13.2 Å². The van der Waals surface area contributed by atoms with E-state index in [1.165, 1.54) is 12.1 Å². The summed E-state index contributed by atoms with van der Waals surface area (Å²) in [6.07, 6.45) is -3.16. The zero-order valence-electron chi connectivity index (χ0n) is 17.1. The average molecular weight is 499 g/mol. The van der Waals surface area contributed by atoms with Crippen molar-refractivity contribution in [3.63, 3.8) is 0 Å². The molecule has 0 radical (unpaired) electrons. The number of rotatable bonds is 7. The van der Waals surface area contributed by atoms with E-state index in [1.54, 1.807) is 0 Å². The van der Waals surface area contributed by atoms with Crippen molar-refractivity contribution in [2.45, 2.75) is 24.5 Å². The van der Waals surface area contributed by atoms with Crippen LogP contribution in [0.4, 0.5) is 4.79 Å². The number of amides is 1. The van der Waals surface area contributed by atoms with Crippen LogP contribution in [0.15, 0.2) is 65.3 Å². The fraction of sp³-hybridized carbons (Fsp3) is 0.250. The smallest absolute Gasteiger partial charge is 0.407 e. The normalized spacial score (nSPS) is 14.3. The number of ether oxygens (including phenoxy) is 1. The number of alkyl carbamates (subject to hydrolysis) is 1. The van der Waals surface area contributed by atoms with E-state index in [1.807, 2.05) is 36.4 Å². The number of carbonyl (C=O) groups is 1. The minimum absolute atomic E-state index is 0.0342. The van der Waals surface area contributed by atoms with Gasteiger partial charge >= 0.3 is 6.09 Å². The molecule has 1 amide bonds. The Morgan fingerprint density at radius 3 is 2.31 bits per heavy atom. The summed E-state index contributed by atoms with van der Waals surface area (Å²) in [6.45, 7) is 0.282. The van der Waals surface area contributed by atoms with Gasteiger partial charge in [0.25, 0.3) is 0 Å². The van der Waals surface area contributed by atoms with Crippen molar-refractivity contribution in [1.82, 2.24) is 10.3 Å². The number of halogens is 1. The van der Waals surface area contributed by atoms with Crippen LogP contribution in [-0.2, 0) is 4.74 Å². The van der Waals surface area contributed by atoms with E-state index in [2.05, 4.69) is 38.4 Å². The van der Waals surface area contributed by atoms with Gasteiger partial charge in [-0.15, -0.1) is 0 Å². The number of aliphatic hydroxyl groups is 2. The third-order valence-corrected chi connectivity index (χ3v) is 6.01. The third-order valence-electron chi connectivity index (χ3n) is 5.57. The molecule has 3 aromatic rings. The summed E-state index contributed by atoms with van der Waals surface area (Å²) in [6, 6.07) is 19.1. The molecule has 0 spiro atoms. The molecule has 1 aliphatic rings. The summed E-state index contributed by atoms with van der Waals surface area (Å²) < 4.78 is 5.87. The minimum Gasteiger partial charge on any atom is -0.506 e. The van der Waals surface area contributed by atoms with Gasteiger partial charge in [0, 0.05) is 12.5 Å². The maximum atomic E-state index is 12.2. The topological polar surface area (TPSA) is 112 Å². The molecule has 0 saturated carbocycles. The molecular weight excluding hydrogens is 476 g/mol. The maximum absolute atomic E-state index is 12.2. The van der Waals surface area contributed by atoms with E-state index >= 15 is 0 Å². The van der Waals surface area contributed by atoms with Crippen molar-refractivity contribution >= 4 is 22.0 Å². The lowest BCUT2D eigenvalue weighted by atomic mass is 9.98. The number of pyridine rings is 1. The Bertz CT molecular complexity index is 1080. The van der Waals surface area contributed by atoms with E-state index in [-0.39, 0.29) is 36.9 Å². The SMILES string of the molecule is O=C(NCCC(O)C(O)c1nc(Br)ccc1O)OCC1c2ccccc2-c2ccccc21. The molecule has 1 aliphatic carbocycles. The van der Waals surface area contributed by atoms with E-state index in [0.717, 1.165) is 22.3 Å². The van der Waals surface area contributed by atoms with Crippen LogP contribution >= 0.6 is 15.9 Å². The number of nitrogens with one attached hydrogen (secondary N) is 1. The Kier molecular flexibility index (Phi) is 6.74. The minimum atomic E-state index is -1.39. The van der Waals surface area contributed by atoms with Crippen molar-refractivity contribution < 1.29 is 24.9 Å². The molecule has 166 valence electrons. The first kappa shape index (κ1) is 22.3. The van der Waals surface area contributed by atoms with Crippen LogP contribution in [0.3, 0.4) is 0 Å². The number of benzene rings is 2. The number of aliphatic hydroxyl groups excluding tert-OH is 2. The summed E-state index contributed by atoms with van der Waals surface area (Å²) in [4.78, 5) is 16.2. The zero-order chi connectivity index (χ0) is 22.7. The molecule has 7 nitrogen and oxygen atoms in total. The van der Waals surface area contributed by atoms with Crippen LogP contribution < -0.4 is 5.32 Å². The Labute approximate surface area is 193 Å². The molecular formula is C24H23BrN2O5. The molecule has 4 rings (SSSR count). The summed E-state index contributed by atoms with van der Waals surface area (Å²) >= 11 is 3.16. The van der Waals surface area contributed by atoms with Gasteiger partial charge in [0.05, 0.1) is 6.10 Å². The van der Waals surface area contributed by atoms with E-state index in [4.69, 9.17) is 4.74 Å². The fourth-order valence-corrected chi connectivity index (χ4v) is 4.30. The van der Waals surface area contributed by atoms with Gasteiger partial charge < -0.3 is 25.4 Å². The molecule has 32 heavy (non-hydrogen) atoms.